The van der Waals surface area contributed by atoms with Crippen molar-refractivity contribution in [2.75, 3.05) is 0 Å². The van der Waals surface area contributed by atoms with Crippen LogP contribution in [-0.2, 0) is 0 Å². The molecule has 0 aliphatic carbocycles. The largest absolute Gasteiger partial charge is 0.309 e. The van der Waals surface area contributed by atoms with Crippen LogP contribution in [0, 0.1) is 34.0 Å². The van der Waals surface area contributed by atoms with Gasteiger partial charge in [0.25, 0.3) is 0 Å². The molecule has 5 nitrogen and oxygen atoms in total. The first kappa shape index (κ1) is 25.1. The highest BCUT2D eigenvalue weighted by atomic mass is 15.0. The van der Waals surface area contributed by atoms with Crippen LogP contribution in [0.3, 0.4) is 0 Å². The van der Waals surface area contributed by atoms with E-state index in [4.69, 9.17) is 0 Å². The van der Waals surface area contributed by atoms with E-state index in [-0.39, 0.29) is 0 Å². The van der Waals surface area contributed by atoms with E-state index >= 15 is 0 Å². The van der Waals surface area contributed by atoms with Gasteiger partial charge >= 0.3 is 0 Å². The fraction of sp³-hybridized carbons (Fsp3) is 0. The average molecular weight is 560 g/mol. The van der Waals surface area contributed by atoms with Crippen LogP contribution in [0.15, 0.2) is 127 Å². The van der Waals surface area contributed by atoms with Crippen LogP contribution >= 0.6 is 0 Å². The van der Waals surface area contributed by atoms with Crippen molar-refractivity contribution in [2.24, 2.45) is 0 Å². The maximum atomic E-state index is 10.0. The second-order valence-electron chi connectivity index (χ2n) is 10.8. The summed E-state index contributed by atoms with van der Waals surface area (Å²) in [5.41, 5.74) is 9.46. The van der Waals surface area contributed by atoms with E-state index in [1.54, 1.807) is 0 Å². The number of rotatable bonds is 3. The van der Waals surface area contributed by atoms with Crippen LogP contribution in [0.5, 0.6) is 0 Å². The Labute approximate surface area is 252 Å². The predicted molar refractivity (Wildman–Crippen MR) is 175 cm³/mol. The molecule has 0 unspecified atom stereocenters. The summed E-state index contributed by atoms with van der Waals surface area (Å²) >= 11 is 0. The van der Waals surface area contributed by atoms with Gasteiger partial charge in [0, 0.05) is 32.9 Å². The number of hydrogen-bond donors (Lipinski definition) is 0. The van der Waals surface area contributed by atoms with Crippen LogP contribution in [-0.4, -0.2) is 9.13 Å². The smallest absolute Gasteiger partial charge is 0.0998 e. The van der Waals surface area contributed by atoms with E-state index in [2.05, 4.69) is 69.8 Å². The second kappa shape index (κ2) is 9.74. The molecular formula is C39H21N5. The molecule has 2 heterocycles. The molecule has 0 amide bonds. The molecule has 0 N–H and O–H groups in total. The maximum absolute atomic E-state index is 10.0. The molecule has 0 spiro atoms. The third-order valence-electron chi connectivity index (χ3n) is 8.38. The number of nitriles is 3. The summed E-state index contributed by atoms with van der Waals surface area (Å²) in [4.78, 5) is 0. The van der Waals surface area contributed by atoms with E-state index in [9.17, 15) is 15.8 Å². The van der Waals surface area contributed by atoms with Crippen LogP contribution in [0.25, 0.3) is 66.1 Å². The zero-order valence-corrected chi connectivity index (χ0v) is 23.4. The van der Waals surface area contributed by atoms with E-state index in [1.165, 1.54) is 0 Å². The molecule has 202 valence electrons. The number of benzene rings is 6. The summed E-state index contributed by atoms with van der Waals surface area (Å²) in [5.74, 6) is 0. The van der Waals surface area contributed by atoms with Crippen molar-refractivity contribution in [1.29, 1.82) is 15.8 Å². The highest BCUT2D eigenvalue weighted by Crippen LogP contribution is 2.38. The summed E-state index contributed by atoms with van der Waals surface area (Å²) in [5, 5.41) is 33.5. The number of hydrogen-bond acceptors (Lipinski definition) is 3. The van der Waals surface area contributed by atoms with Gasteiger partial charge in [-0.2, -0.15) is 15.8 Å². The van der Waals surface area contributed by atoms with Crippen LogP contribution < -0.4 is 0 Å². The van der Waals surface area contributed by atoms with Gasteiger partial charge in [0.05, 0.1) is 57.0 Å². The van der Waals surface area contributed by atoms with Crippen molar-refractivity contribution >= 4 is 43.6 Å². The standard InChI is InChI=1S/C39H21N5/c40-22-25-13-15-38-34(17-25)32-9-3-5-11-36(32)43(38)29-19-28(31-8-2-1-7-27(31)24-42)20-30(21-29)44-37-12-6-4-10-33(37)35-18-26(23-41)14-16-39(35)44/h1-21H. The molecule has 44 heavy (non-hydrogen) atoms. The predicted octanol–water partition coefficient (Wildman–Crippen LogP) is 9.16. The Kier molecular flexibility index (Phi) is 5.56. The summed E-state index contributed by atoms with van der Waals surface area (Å²) in [6, 6.07) is 49.1. The zero-order valence-electron chi connectivity index (χ0n) is 23.4. The fourth-order valence-corrected chi connectivity index (χ4v) is 6.48. The quantitative estimate of drug-likeness (QED) is 0.216. The Bertz CT molecular complexity index is 2450. The highest BCUT2D eigenvalue weighted by molar-refractivity contribution is 6.11. The summed E-state index contributed by atoms with van der Waals surface area (Å²) in [6.45, 7) is 0. The number of aromatic nitrogens is 2. The zero-order chi connectivity index (χ0) is 29.8. The third-order valence-corrected chi connectivity index (χ3v) is 8.38. The van der Waals surface area contributed by atoms with Crippen molar-refractivity contribution in [3.63, 3.8) is 0 Å². The maximum Gasteiger partial charge on any atom is 0.0998 e. The van der Waals surface area contributed by atoms with Crippen molar-refractivity contribution in [2.45, 2.75) is 0 Å². The molecule has 0 saturated heterocycles. The molecular weight excluding hydrogens is 538 g/mol. The summed E-state index contributed by atoms with van der Waals surface area (Å²) in [6.07, 6.45) is 0. The Morgan fingerprint density at radius 1 is 0.409 bits per heavy atom. The van der Waals surface area contributed by atoms with Gasteiger partial charge in [-0.25, -0.2) is 0 Å². The van der Waals surface area contributed by atoms with E-state index < -0.39 is 0 Å². The molecule has 6 aromatic carbocycles. The van der Waals surface area contributed by atoms with Gasteiger partial charge in [0.1, 0.15) is 0 Å². The molecule has 0 saturated carbocycles. The van der Waals surface area contributed by atoms with Gasteiger partial charge in [0.2, 0.25) is 0 Å². The minimum Gasteiger partial charge on any atom is -0.309 e. The Hall–Kier alpha value is -6.61. The molecule has 0 fully saturated rings. The van der Waals surface area contributed by atoms with E-state index in [0.29, 0.717) is 16.7 Å². The first-order valence-electron chi connectivity index (χ1n) is 14.2. The van der Waals surface area contributed by atoms with Gasteiger partial charge in [0.15, 0.2) is 0 Å². The van der Waals surface area contributed by atoms with Crippen molar-refractivity contribution in [1.82, 2.24) is 9.13 Å². The lowest BCUT2D eigenvalue weighted by Gasteiger charge is -2.16. The van der Waals surface area contributed by atoms with Gasteiger partial charge in [-0.3, -0.25) is 0 Å². The average Bonchev–Trinajstić information content (AvgIpc) is 3.60. The molecule has 0 bridgehead atoms. The molecule has 0 aliphatic heterocycles. The minimum atomic E-state index is 0.595. The van der Waals surface area contributed by atoms with Crippen LogP contribution in [0.2, 0.25) is 0 Å². The second-order valence-corrected chi connectivity index (χ2v) is 10.8. The molecule has 0 aliphatic rings. The molecule has 8 aromatic rings. The summed E-state index contributed by atoms with van der Waals surface area (Å²) in [7, 11) is 0. The fourth-order valence-electron chi connectivity index (χ4n) is 6.48. The summed E-state index contributed by atoms with van der Waals surface area (Å²) < 4.78 is 4.46. The van der Waals surface area contributed by atoms with Crippen LogP contribution in [0.4, 0.5) is 0 Å². The normalized spacial score (nSPS) is 11.1. The lowest BCUT2D eigenvalue weighted by molar-refractivity contribution is 1.13. The van der Waals surface area contributed by atoms with Gasteiger partial charge < -0.3 is 9.13 Å². The van der Waals surface area contributed by atoms with Gasteiger partial charge in [-0.05, 0) is 83.9 Å². The van der Waals surface area contributed by atoms with Crippen LogP contribution in [0.1, 0.15) is 16.7 Å². The molecule has 0 atom stereocenters. The Balaban J connectivity index is 1.51. The Morgan fingerprint density at radius 2 is 0.886 bits per heavy atom. The lowest BCUT2D eigenvalue weighted by Crippen LogP contribution is -2.00. The van der Waals surface area contributed by atoms with Gasteiger partial charge in [-0.1, -0.05) is 54.6 Å². The number of nitrogens with zero attached hydrogens (tertiary/aromatic N) is 5. The van der Waals surface area contributed by atoms with Crippen molar-refractivity contribution in [3.05, 3.63) is 144 Å². The van der Waals surface area contributed by atoms with E-state index in [1.807, 2.05) is 84.9 Å². The highest BCUT2D eigenvalue weighted by Gasteiger charge is 2.18. The lowest BCUT2D eigenvalue weighted by atomic mass is 9.99. The number of para-hydroxylation sites is 2. The SMILES string of the molecule is N#Cc1ccc2c(c1)c1ccccc1n2-c1cc(-c2ccccc2C#N)cc(-n2c3ccccc3c3cc(C#N)ccc32)c1. The van der Waals surface area contributed by atoms with Crippen molar-refractivity contribution in [3.8, 4) is 40.7 Å². The molecule has 8 rings (SSSR count). The molecule has 2 aromatic heterocycles. The first-order valence-corrected chi connectivity index (χ1v) is 14.2. The van der Waals surface area contributed by atoms with E-state index in [0.717, 1.165) is 66.1 Å². The van der Waals surface area contributed by atoms with Gasteiger partial charge in [-0.15, -0.1) is 0 Å². The number of fused-ring (bicyclic) bond motifs is 6. The third kappa shape index (κ3) is 3.70. The van der Waals surface area contributed by atoms with Crippen molar-refractivity contribution < 1.29 is 0 Å². The molecule has 0 radical (unpaired) electrons. The first-order chi connectivity index (χ1) is 21.7. The monoisotopic (exact) mass is 559 g/mol. The Morgan fingerprint density at radius 3 is 1.41 bits per heavy atom. The molecule has 5 heteroatoms. The minimum absolute atomic E-state index is 0.595. The topological polar surface area (TPSA) is 81.2 Å².